The highest BCUT2D eigenvalue weighted by Gasteiger charge is 2.49. The summed E-state index contributed by atoms with van der Waals surface area (Å²) >= 11 is 0. The minimum Gasteiger partial charge on any atom is -0.0651 e. The van der Waals surface area contributed by atoms with Crippen molar-refractivity contribution in [3.05, 3.63) is 0 Å². The van der Waals surface area contributed by atoms with Crippen molar-refractivity contribution in [2.24, 2.45) is 259 Å². The van der Waals surface area contributed by atoms with E-state index < -0.39 is 0 Å². The smallest absolute Gasteiger partial charge is 0.0297 e. The fraction of sp³-hybridized carbons (Fsp3) is 1.00. The molecule has 0 aromatic heterocycles. The van der Waals surface area contributed by atoms with Crippen LogP contribution in [0.1, 0.15) is 683 Å². The van der Waals surface area contributed by atoms with Gasteiger partial charge in [0.1, 0.15) is 0 Å². The summed E-state index contributed by atoms with van der Waals surface area (Å²) in [7, 11) is 0. The molecule has 0 aromatic carbocycles. The third kappa shape index (κ3) is 51.7. The second kappa shape index (κ2) is 61.2. The van der Waals surface area contributed by atoms with Crippen molar-refractivity contribution in [2.75, 3.05) is 0 Å². The second-order valence-electron chi connectivity index (χ2n) is 70.5. The van der Waals surface area contributed by atoms with E-state index in [0.717, 1.165) is 189 Å². The van der Waals surface area contributed by atoms with Gasteiger partial charge >= 0.3 is 0 Å². The molecule has 18 aliphatic carbocycles. The number of hydrogen-bond donors (Lipinski definition) is 0. The standard InChI is InChI=1S/2C12H24.2C11H22.2C9H16.3C9H18.7C8H16/c1-10(2)7-11(3,4)9-12(5,6)8-10;1-6-10-7-11(2,3)9-12(4,5)8-10;1-9-6-10(2,3)8-11(4,5)7-9;1-9-10(2,3)7-6-8-11(9,4)5;1-7-5-8-3-4-9(7,2)6-8;1-6-7(2)9-4-3-8(6)5-9;1-8-4-6-9(2,3)7-5-8;1-8-6-4-5-7-9(8,2)3;1-7-5-4-6-8(2)9(7)3;1-6-4-7(2)8(3)5-6;1-6(2)8-4-7(3)5-8;1-7-4-5-8(2,3)6-7;1-8(2,3)7-5-4-6-7;1-6-4-5-7(2)8(6)3;1-5-6(2)8(4)7(5)3;1-3-7(2)8-5-4-6-8/h7-9H2,1-6H3;10H,6-9H2,1-5H3;2*9H,6-8H2,1-5H3;7-8H,3-6H2,1-2H3;6-9H,3-5H2,1-2H3;2*8H,4-7H2,1-3H3;7-9H,4-6H2,1-3H3;2*6-8H,4-5H2,1-3H3;2*7H,4-6H2,1-3H3;6-8H,4-5H2,1-3H3;5-8H,1-4H3;7-8H,3-6H2,1-2H3/t;;;;7-,8?,9?;6-,7?,8?,9?;;8-;;6?,7-,8?;;;;;;/m....00.1.0....../s1. The first kappa shape index (κ1) is 141. The molecule has 0 radical (unpaired) electrons. The monoisotopic (exact) mass is 2060 g/mol. The van der Waals surface area contributed by atoms with Crippen molar-refractivity contribution in [3.8, 4) is 0 Å². The zero-order valence-corrected chi connectivity index (χ0v) is 113. The summed E-state index contributed by atoms with van der Waals surface area (Å²) in [4.78, 5) is 0. The molecule has 0 heteroatoms. The van der Waals surface area contributed by atoms with Crippen LogP contribution in [0.15, 0.2) is 0 Å². The molecule has 18 saturated carbocycles. The Balaban J connectivity index is 0.000000403. The van der Waals surface area contributed by atoms with Crippen molar-refractivity contribution in [1.82, 2.24) is 0 Å². The lowest BCUT2D eigenvalue weighted by Gasteiger charge is -2.49. The topological polar surface area (TPSA) is 0 Å². The quantitative estimate of drug-likeness (QED) is 0.263. The Morgan fingerprint density at radius 3 is 0.810 bits per heavy atom. The van der Waals surface area contributed by atoms with Crippen LogP contribution in [0.5, 0.6) is 0 Å². The van der Waals surface area contributed by atoms with E-state index in [0.29, 0.717) is 70.4 Å². The molecule has 0 heterocycles. The van der Waals surface area contributed by atoms with Crippen LogP contribution in [0, 0.1) is 259 Å². The van der Waals surface area contributed by atoms with Gasteiger partial charge in [0.2, 0.25) is 0 Å². The highest BCUT2D eigenvalue weighted by Crippen LogP contribution is 2.60. The van der Waals surface area contributed by atoms with Crippen LogP contribution in [-0.2, 0) is 0 Å². The molecule has 13 unspecified atom stereocenters. The van der Waals surface area contributed by atoms with E-state index in [1.165, 1.54) is 295 Å². The van der Waals surface area contributed by atoms with E-state index in [9.17, 15) is 0 Å². The average molecular weight is 2060 g/mol. The van der Waals surface area contributed by atoms with Crippen LogP contribution in [0.4, 0.5) is 0 Å². The van der Waals surface area contributed by atoms with Crippen LogP contribution in [0.3, 0.4) is 0 Å². The maximum Gasteiger partial charge on any atom is -0.0297 e. The predicted molar refractivity (Wildman–Crippen MR) is 671 cm³/mol. The van der Waals surface area contributed by atoms with Crippen LogP contribution in [-0.4, -0.2) is 0 Å². The Labute approximate surface area is 935 Å². The Bertz CT molecular complexity index is 3220. The van der Waals surface area contributed by atoms with Gasteiger partial charge in [-0.15, -0.1) is 0 Å². The van der Waals surface area contributed by atoms with E-state index in [1.54, 1.807) is 6.42 Å². The van der Waals surface area contributed by atoms with Crippen molar-refractivity contribution in [3.63, 3.8) is 0 Å². The van der Waals surface area contributed by atoms with E-state index >= 15 is 0 Å². The molecular formula is C147H290. The zero-order chi connectivity index (χ0) is 113. The van der Waals surface area contributed by atoms with E-state index in [-0.39, 0.29) is 0 Å². The van der Waals surface area contributed by atoms with Crippen LogP contribution < -0.4 is 0 Å². The average Bonchev–Trinajstić information content (AvgIpc) is 1.75. The summed E-state index contributed by atoms with van der Waals surface area (Å²) in [5.74, 6) is 31.1. The van der Waals surface area contributed by atoms with E-state index in [4.69, 9.17) is 0 Å². The molecule has 18 fully saturated rings. The summed E-state index contributed by atoms with van der Waals surface area (Å²) in [5, 5.41) is 0. The van der Waals surface area contributed by atoms with Crippen LogP contribution in [0.2, 0.25) is 0 Å². The molecular weight excluding hydrogens is 1770 g/mol. The lowest BCUT2D eigenvalue weighted by Crippen LogP contribution is -2.39. The molecule has 0 saturated heterocycles. The molecule has 4 bridgehead atoms. The normalized spacial score (nSPS) is 37.8. The number of hydrogen-bond acceptors (Lipinski definition) is 0. The molecule has 0 amide bonds. The SMILES string of the molecule is CC(C)(C)C1CCC1.CC1(C)CC(C)(C)CC(C)(C)C1.CC1C(C)(C)CCCC1(C)C.CC1C(C)C(C)C1C.CC1C2CCC(C2)[C@H]1C.CC1CC(C(C)C)C1.CC1CC(C)(C)CC(C)(C)C1.CC1CC(C)[C@@H](C)C1.CC1CCC(C)(C)C1.CC1CCC(C)(C)CC1.CC1CCC(C)C1C.CC1CCCC(C)C1C.CCC(C)C1CCC1.CCC1CC(C)(C)CC(C)(C)C1.C[C@@H]1CCCCC1(C)C.C[C@H]1CC2CCC1(C)C2. The maximum atomic E-state index is 2.48. The van der Waals surface area contributed by atoms with Gasteiger partial charge in [-0.2, -0.15) is 0 Å². The predicted octanol–water partition coefficient (Wildman–Crippen LogP) is 50.4. The Morgan fingerprint density at radius 1 is 0.245 bits per heavy atom. The van der Waals surface area contributed by atoms with Gasteiger partial charge < -0.3 is 0 Å². The molecule has 18 rings (SSSR count). The molecule has 0 nitrogen and oxygen atoms in total. The van der Waals surface area contributed by atoms with Crippen LogP contribution >= 0.6 is 0 Å². The highest BCUT2D eigenvalue weighted by atomic mass is 14.5. The molecule has 878 valence electrons. The van der Waals surface area contributed by atoms with Gasteiger partial charge in [0.15, 0.2) is 0 Å². The largest absolute Gasteiger partial charge is 0.0651 e. The lowest BCUT2D eigenvalue weighted by atomic mass is 9.56. The summed E-state index contributed by atoms with van der Waals surface area (Å²) in [6.07, 6.45) is 68.4. The molecule has 17 atom stereocenters. The van der Waals surface area contributed by atoms with Gasteiger partial charge in [-0.3, -0.25) is 0 Å². The Hall–Kier alpha value is 0. The van der Waals surface area contributed by atoms with Gasteiger partial charge in [0.25, 0.3) is 0 Å². The number of fused-ring (bicyclic) bond motifs is 4. The van der Waals surface area contributed by atoms with Crippen molar-refractivity contribution in [2.45, 2.75) is 683 Å². The zero-order valence-electron chi connectivity index (χ0n) is 113. The van der Waals surface area contributed by atoms with Crippen molar-refractivity contribution in [1.29, 1.82) is 0 Å². The minimum atomic E-state index is 0.547. The number of rotatable bonds is 4. The second-order valence-corrected chi connectivity index (χ2v) is 70.5. The third-order valence-corrected chi connectivity index (χ3v) is 47.4. The first-order chi connectivity index (χ1) is 66.9. The van der Waals surface area contributed by atoms with Gasteiger partial charge in [-0.25, -0.2) is 0 Å². The molecule has 147 heavy (non-hydrogen) atoms. The Kier molecular flexibility index (Phi) is 58.7. The fourth-order valence-corrected chi connectivity index (χ4v) is 35.2. The van der Waals surface area contributed by atoms with E-state index in [1.807, 2.05) is 0 Å². The summed E-state index contributed by atoms with van der Waals surface area (Å²) in [6.45, 7) is 131. The van der Waals surface area contributed by atoms with Gasteiger partial charge in [-0.1, -0.05) is 496 Å². The van der Waals surface area contributed by atoms with Crippen molar-refractivity contribution >= 4 is 0 Å². The lowest BCUT2D eigenvalue weighted by molar-refractivity contribution is 0.0202. The van der Waals surface area contributed by atoms with Crippen molar-refractivity contribution < 1.29 is 0 Å². The summed E-state index contributed by atoms with van der Waals surface area (Å²) in [5.41, 5.74) is 8.45. The minimum absolute atomic E-state index is 0.547. The van der Waals surface area contributed by atoms with Gasteiger partial charge in [0.05, 0.1) is 0 Å². The summed E-state index contributed by atoms with van der Waals surface area (Å²) in [6, 6.07) is 0. The summed E-state index contributed by atoms with van der Waals surface area (Å²) < 4.78 is 0. The molecule has 0 aliphatic heterocycles. The van der Waals surface area contributed by atoms with Gasteiger partial charge in [0, 0.05) is 0 Å². The molecule has 0 aromatic rings. The van der Waals surface area contributed by atoms with Gasteiger partial charge in [-0.05, 0) is 445 Å². The molecule has 0 spiro atoms. The highest BCUT2D eigenvalue weighted by molar-refractivity contribution is 5.00. The van der Waals surface area contributed by atoms with E-state index in [2.05, 4.69) is 381 Å². The Morgan fingerprint density at radius 2 is 0.605 bits per heavy atom. The first-order valence-corrected chi connectivity index (χ1v) is 66.9. The fourth-order valence-electron chi connectivity index (χ4n) is 35.2. The molecule has 18 aliphatic rings. The maximum absolute atomic E-state index is 2.48. The molecule has 0 N–H and O–H groups in total. The first-order valence-electron chi connectivity index (χ1n) is 66.9. The third-order valence-electron chi connectivity index (χ3n) is 47.4. The van der Waals surface area contributed by atoms with Crippen LogP contribution in [0.25, 0.3) is 0 Å².